The molecule has 1 heterocycles. The molecule has 32 heavy (non-hydrogen) atoms. The molecule has 1 amide bonds. The van der Waals surface area contributed by atoms with Crippen LogP contribution in [0.1, 0.15) is 17.0 Å². The second-order valence-electron chi connectivity index (χ2n) is 6.75. The van der Waals surface area contributed by atoms with Gasteiger partial charge in [-0.2, -0.15) is 10.4 Å². The molecular weight excluding hydrogens is 418 g/mol. The van der Waals surface area contributed by atoms with Crippen LogP contribution in [0.4, 0.5) is 14.5 Å². The number of halogens is 2. The number of nitriles is 1. The molecule has 1 N–H and O–H groups in total. The van der Waals surface area contributed by atoms with Crippen LogP contribution in [0.25, 0.3) is 11.8 Å². The van der Waals surface area contributed by atoms with Crippen molar-refractivity contribution in [2.75, 3.05) is 11.9 Å². The van der Waals surface area contributed by atoms with Crippen molar-refractivity contribution >= 4 is 23.6 Å². The van der Waals surface area contributed by atoms with Crippen molar-refractivity contribution in [3.63, 3.8) is 0 Å². The minimum Gasteiger partial charge on any atom is -0.451 e. The summed E-state index contributed by atoms with van der Waals surface area (Å²) in [6.07, 6.45) is 1.34. The molecule has 0 unspecified atom stereocenters. The summed E-state index contributed by atoms with van der Waals surface area (Å²) in [6.45, 7) is 2.74. The molecule has 1 aromatic heterocycles. The number of carbonyl (C=O) groups is 2. The fourth-order valence-corrected chi connectivity index (χ4v) is 2.95. The van der Waals surface area contributed by atoms with Gasteiger partial charge in [-0.05, 0) is 44.2 Å². The first kappa shape index (κ1) is 22.4. The number of aromatic nitrogens is 2. The molecular formula is C23H18F2N4O3. The maximum Gasteiger partial charge on any atom is 0.349 e. The average Bonchev–Trinajstić information content (AvgIpc) is 3.06. The van der Waals surface area contributed by atoms with Gasteiger partial charge in [0.15, 0.2) is 6.61 Å². The van der Waals surface area contributed by atoms with Gasteiger partial charge in [0.25, 0.3) is 5.91 Å². The first-order valence-electron chi connectivity index (χ1n) is 9.45. The van der Waals surface area contributed by atoms with Gasteiger partial charge >= 0.3 is 5.97 Å². The minimum atomic E-state index is -1.03. The topological polar surface area (TPSA) is 97.0 Å². The number of hydrogen-bond donors (Lipinski definition) is 1. The molecule has 7 nitrogen and oxygen atoms in total. The molecule has 0 fully saturated rings. The molecule has 3 rings (SSSR count). The minimum absolute atomic E-state index is 0.339. The number of nitrogens with one attached hydrogen (secondary N) is 1. The number of esters is 1. The number of anilines is 1. The molecule has 0 saturated heterocycles. The Balaban J connectivity index is 1.72. The summed E-state index contributed by atoms with van der Waals surface area (Å²) < 4.78 is 33.3. The quantitative estimate of drug-likeness (QED) is 0.360. The number of benzene rings is 2. The molecule has 0 radical (unpaired) electrons. The molecule has 0 spiro atoms. The van der Waals surface area contributed by atoms with E-state index in [1.807, 2.05) is 30.3 Å². The maximum absolute atomic E-state index is 13.6. The number of ether oxygens (including phenoxy) is 1. The van der Waals surface area contributed by atoms with Gasteiger partial charge in [0, 0.05) is 17.3 Å². The van der Waals surface area contributed by atoms with E-state index in [4.69, 9.17) is 4.74 Å². The highest BCUT2D eigenvalue weighted by Crippen LogP contribution is 2.21. The maximum atomic E-state index is 13.6. The Hall–Kier alpha value is -4.32. The summed E-state index contributed by atoms with van der Waals surface area (Å²) in [4.78, 5) is 24.2. The van der Waals surface area contributed by atoms with Crippen LogP contribution < -0.4 is 5.32 Å². The lowest BCUT2D eigenvalue weighted by atomic mass is 10.1. The van der Waals surface area contributed by atoms with Gasteiger partial charge in [0.05, 0.1) is 17.1 Å². The Morgan fingerprint density at radius 3 is 2.59 bits per heavy atom. The van der Waals surface area contributed by atoms with E-state index in [0.717, 1.165) is 23.9 Å². The van der Waals surface area contributed by atoms with Crippen LogP contribution >= 0.6 is 0 Å². The molecule has 0 aliphatic rings. The van der Waals surface area contributed by atoms with Crippen molar-refractivity contribution in [3.05, 3.63) is 82.7 Å². The van der Waals surface area contributed by atoms with Crippen LogP contribution in [-0.2, 0) is 14.3 Å². The van der Waals surface area contributed by atoms with Crippen LogP contribution in [0, 0.1) is 36.8 Å². The summed E-state index contributed by atoms with van der Waals surface area (Å²) in [6, 6.07) is 13.6. The summed E-state index contributed by atoms with van der Waals surface area (Å²) in [7, 11) is 0. The summed E-state index contributed by atoms with van der Waals surface area (Å²) >= 11 is 0. The fraction of sp³-hybridized carbons (Fsp3) is 0.130. The number of para-hydroxylation sites is 1. The number of amides is 1. The van der Waals surface area contributed by atoms with Gasteiger partial charge in [-0.1, -0.05) is 18.2 Å². The van der Waals surface area contributed by atoms with E-state index in [2.05, 4.69) is 10.4 Å². The highest BCUT2D eigenvalue weighted by molar-refractivity contribution is 6.00. The summed E-state index contributed by atoms with van der Waals surface area (Å²) in [5.41, 5.74) is 1.94. The Kier molecular flexibility index (Phi) is 6.75. The van der Waals surface area contributed by atoms with E-state index >= 15 is 0 Å². The predicted octanol–water partition coefficient (Wildman–Crippen LogP) is 3.86. The lowest BCUT2D eigenvalue weighted by Crippen LogP contribution is -2.22. The van der Waals surface area contributed by atoms with Gasteiger partial charge in [0.2, 0.25) is 0 Å². The highest BCUT2D eigenvalue weighted by Gasteiger charge is 2.18. The van der Waals surface area contributed by atoms with Crippen molar-refractivity contribution in [2.45, 2.75) is 13.8 Å². The fourth-order valence-electron chi connectivity index (χ4n) is 2.95. The van der Waals surface area contributed by atoms with Crippen molar-refractivity contribution in [3.8, 4) is 11.8 Å². The summed E-state index contributed by atoms with van der Waals surface area (Å²) in [5, 5.41) is 15.9. The number of rotatable bonds is 6. The normalized spacial score (nSPS) is 11.0. The molecule has 0 saturated carbocycles. The second kappa shape index (κ2) is 9.66. The van der Waals surface area contributed by atoms with E-state index in [0.29, 0.717) is 17.0 Å². The smallest absolute Gasteiger partial charge is 0.349 e. The Morgan fingerprint density at radius 1 is 1.19 bits per heavy atom. The molecule has 162 valence electrons. The first-order chi connectivity index (χ1) is 15.3. The number of hydrogen-bond acceptors (Lipinski definition) is 5. The Bertz CT molecular complexity index is 1240. The largest absolute Gasteiger partial charge is 0.451 e. The summed E-state index contributed by atoms with van der Waals surface area (Å²) in [5.74, 6) is -3.50. The third kappa shape index (κ3) is 5.05. The van der Waals surface area contributed by atoms with E-state index in [9.17, 15) is 23.6 Å². The third-order valence-corrected chi connectivity index (χ3v) is 4.51. The van der Waals surface area contributed by atoms with E-state index in [1.165, 1.54) is 6.08 Å². The number of nitrogens with zero attached hydrogens (tertiary/aromatic N) is 3. The zero-order valence-corrected chi connectivity index (χ0v) is 17.2. The van der Waals surface area contributed by atoms with Crippen LogP contribution in [0.15, 0.2) is 54.1 Å². The van der Waals surface area contributed by atoms with Gasteiger partial charge < -0.3 is 10.1 Å². The van der Waals surface area contributed by atoms with E-state index < -0.39 is 30.1 Å². The predicted molar refractivity (Wildman–Crippen MR) is 113 cm³/mol. The molecule has 2 aromatic carbocycles. The third-order valence-electron chi connectivity index (χ3n) is 4.51. The zero-order valence-electron chi connectivity index (χ0n) is 17.2. The van der Waals surface area contributed by atoms with Crippen molar-refractivity contribution in [1.82, 2.24) is 9.78 Å². The van der Waals surface area contributed by atoms with Crippen molar-refractivity contribution < 1.29 is 23.1 Å². The average molecular weight is 436 g/mol. The lowest BCUT2D eigenvalue weighted by molar-refractivity contribution is -0.142. The second-order valence-corrected chi connectivity index (χ2v) is 6.75. The molecule has 0 aliphatic carbocycles. The van der Waals surface area contributed by atoms with Crippen LogP contribution in [0.5, 0.6) is 0 Å². The van der Waals surface area contributed by atoms with E-state index in [-0.39, 0.29) is 11.3 Å². The monoisotopic (exact) mass is 436 g/mol. The molecule has 9 heteroatoms. The Labute approximate surface area is 182 Å². The van der Waals surface area contributed by atoms with Crippen molar-refractivity contribution in [2.24, 2.45) is 0 Å². The zero-order chi connectivity index (χ0) is 23.3. The van der Waals surface area contributed by atoms with Gasteiger partial charge in [-0.15, -0.1) is 0 Å². The lowest BCUT2D eigenvalue weighted by Gasteiger charge is -2.07. The van der Waals surface area contributed by atoms with Gasteiger partial charge in [-0.25, -0.2) is 18.3 Å². The van der Waals surface area contributed by atoms with Crippen LogP contribution in [0.2, 0.25) is 0 Å². The highest BCUT2D eigenvalue weighted by atomic mass is 19.1. The van der Waals surface area contributed by atoms with Crippen molar-refractivity contribution in [1.29, 1.82) is 5.26 Å². The first-order valence-corrected chi connectivity index (χ1v) is 9.45. The number of carbonyl (C=O) groups excluding carboxylic acids is 2. The van der Waals surface area contributed by atoms with Crippen LogP contribution in [0.3, 0.4) is 0 Å². The molecule has 0 bridgehead atoms. The molecule has 3 aromatic rings. The SMILES string of the molecule is Cc1nn(-c2ccccc2)c(C)c1/C=C(\C#N)C(=O)OCC(=O)Nc1cc(F)ccc1F. The molecule has 0 atom stereocenters. The van der Waals surface area contributed by atoms with Gasteiger partial charge in [-0.3, -0.25) is 4.79 Å². The number of aryl methyl sites for hydroxylation is 1. The Morgan fingerprint density at radius 2 is 1.91 bits per heavy atom. The standard InChI is InChI=1S/C23H18F2N4O3/c1-14-19(15(2)29(28-14)18-6-4-3-5-7-18)10-16(12-26)23(31)32-13-22(30)27-21-11-17(24)8-9-20(21)25/h3-11H,13H2,1-2H3,(H,27,30)/b16-10+. The molecule has 0 aliphatic heterocycles. The van der Waals surface area contributed by atoms with E-state index in [1.54, 1.807) is 24.6 Å². The van der Waals surface area contributed by atoms with Gasteiger partial charge in [0.1, 0.15) is 23.3 Å². The van der Waals surface area contributed by atoms with Crippen LogP contribution in [-0.4, -0.2) is 28.3 Å².